The summed E-state index contributed by atoms with van der Waals surface area (Å²) in [6.07, 6.45) is 5.23. The summed E-state index contributed by atoms with van der Waals surface area (Å²) >= 11 is 0. The Labute approximate surface area is 116 Å². The molecule has 0 amide bonds. The molecular formula is C13H17N3O4. The van der Waals surface area contributed by atoms with Gasteiger partial charge in [0.05, 0.1) is 4.92 Å². The van der Waals surface area contributed by atoms with Crippen molar-refractivity contribution in [2.75, 3.05) is 18.0 Å². The van der Waals surface area contributed by atoms with E-state index in [1.807, 2.05) is 4.90 Å². The van der Waals surface area contributed by atoms with E-state index in [2.05, 4.69) is 4.98 Å². The van der Waals surface area contributed by atoms with Gasteiger partial charge in [-0.2, -0.15) is 0 Å². The first-order valence-electron chi connectivity index (χ1n) is 6.73. The van der Waals surface area contributed by atoms with Crippen LogP contribution in [-0.4, -0.2) is 34.1 Å². The lowest BCUT2D eigenvalue weighted by molar-refractivity contribution is -0.384. The van der Waals surface area contributed by atoms with Gasteiger partial charge in [-0.1, -0.05) is 19.3 Å². The van der Waals surface area contributed by atoms with Crippen LogP contribution in [0, 0.1) is 10.1 Å². The minimum absolute atomic E-state index is 0.129. The predicted molar refractivity (Wildman–Crippen MR) is 73.1 cm³/mol. The monoisotopic (exact) mass is 279 g/mol. The van der Waals surface area contributed by atoms with Crippen molar-refractivity contribution < 1.29 is 14.8 Å². The first kappa shape index (κ1) is 14.2. The van der Waals surface area contributed by atoms with Crippen LogP contribution in [0.2, 0.25) is 0 Å². The highest BCUT2D eigenvalue weighted by Crippen LogP contribution is 2.28. The number of nitro groups is 1. The molecule has 0 radical (unpaired) electrons. The third-order valence-corrected chi connectivity index (χ3v) is 3.43. The molecule has 0 aromatic carbocycles. The van der Waals surface area contributed by atoms with Crippen molar-refractivity contribution in [3.63, 3.8) is 0 Å². The summed E-state index contributed by atoms with van der Waals surface area (Å²) in [5.41, 5.74) is -0.289. The minimum Gasteiger partial charge on any atom is -0.477 e. The van der Waals surface area contributed by atoms with Crippen molar-refractivity contribution in [3.05, 3.63) is 27.9 Å². The summed E-state index contributed by atoms with van der Waals surface area (Å²) in [5, 5.41) is 20.1. The van der Waals surface area contributed by atoms with Crippen LogP contribution in [0.15, 0.2) is 12.1 Å². The van der Waals surface area contributed by atoms with Gasteiger partial charge in [-0.15, -0.1) is 0 Å². The predicted octanol–water partition coefficient (Wildman–Crippen LogP) is 2.46. The van der Waals surface area contributed by atoms with Gasteiger partial charge in [0.15, 0.2) is 5.69 Å². The Balaban J connectivity index is 2.36. The van der Waals surface area contributed by atoms with E-state index in [1.54, 1.807) is 0 Å². The number of carboxylic acids is 1. The van der Waals surface area contributed by atoms with Gasteiger partial charge in [-0.3, -0.25) is 10.1 Å². The SMILES string of the molecule is O=C(O)c1ccc([N+](=O)[O-])c(N2CCCCCCC2)n1. The smallest absolute Gasteiger partial charge is 0.354 e. The molecule has 0 unspecified atom stereocenters. The third kappa shape index (κ3) is 3.23. The van der Waals surface area contributed by atoms with Gasteiger partial charge in [-0.05, 0) is 18.9 Å². The summed E-state index contributed by atoms with van der Waals surface area (Å²) in [6.45, 7) is 1.35. The topological polar surface area (TPSA) is 96.6 Å². The van der Waals surface area contributed by atoms with Crippen molar-refractivity contribution in [2.45, 2.75) is 32.1 Å². The van der Waals surface area contributed by atoms with E-state index in [0.717, 1.165) is 25.7 Å². The summed E-state index contributed by atoms with van der Waals surface area (Å²) in [7, 11) is 0. The maximum Gasteiger partial charge on any atom is 0.354 e. The van der Waals surface area contributed by atoms with Gasteiger partial charge in [0.2, 0.25) is 5.82 Å². The normalized spacial score (nSPS) is 16.3. The van der Waals surface area contributed by atoms with E-state index >= 15 is 0 Å². The highest BCUT2D eigenvalue weighted by Gasteiger charge is 2.23. The zero-order valence-electron chi connectivity index (χ0n) is 11.1. The molecule has 0 aliphatic carbocycles. The van der Waals surface area contributed by atoms with Gasteiger partial charge in [-0.25, -0.2) is 9.78 Å². The molecule has 1 aromatic rings. The summed E-state index contributed by atoms with van der Waals surface area (Å²) in [5.74, 6) is -0.995. The van der Waals surface area contributed by atoms with Crippen molar-refractivity contribution in [2.24, 2.45) is 0 Å². The number of rotatable bonds is 3. The number of carbonyl (C=O) groups is 1. The van der Waals surface area contributed by atoms with Gasteiger partial charge in [0.1, 0.15) is 0 Å². The second-order valence-corrected chi connectivity index (χ2v) is 4.86. The number of nitrogens with zero attached hydrogens (tertiary/aromatic N) is 3. The molecule has 0 atom stereocenters. The second-order valence-electron chi connectivity index (χ2n) is 4.86. The molecule has 1 saturated heterocycles. The lowest BCUT2D eigenvalue weighted by Gasteiger charge is -2.25. The van der Waals surface area contributed by atoms with E-state index < -0.39 is 10.9 Å². The molecule has 0 saturated carbocycles. The zero-order chi connectivity index (χ0) is 14.5. The van der Waals surface area contributed by atoms with Crippen molar-refractivity contribution in [1.29, 1.82) is 0 Å². The molecule has 2 rings (SSSR count). The van der Waals surface area contributed by atoms with Gasteiger partial charge in [0, 0.05) is 19.2 Å². The fourth-order valence-electron chi connectivity index (χ4n) is 2.39. The van der Waals surface area contributed by atoms with E-state index in [-0.39, 0.29) is 17.2 Å². The van der Waals surface area contributed by atoms with E-state index in [1.165, 1.54) is 18.6 Å². The highest BCUT2D eigenvalue weighted by molar-refractivity contribution is 5.86. The Morgan fingerprint density at radius 2 is 1.80 bits per heavy atom. The second kappa shape index (κ2) is 6.31. The lowest BCUT2D eigenvalue weighted by atomic mass is 10.1. The molecule has 7 nitrogen and oxygen atoms in total. The number of anilines is 1. The van der Waals surface area contributed by atoms with Crippen LogP contribution in [0.3, 0.4) is 0 Å². The molecule has 108 valence electrons. The van der Waals surface area contributed by atoms with Gasteiger partial charge < -0.3 is 10.0 Å². The van der Waals surface area contributed by atoms with Crippen LogP contribution in [-0.2, 0) is 0 Å². The molecule has 1 N–H and O–H groups in total. The van der Waals surface area contributed by atoms with E-state index in [0.29, 0.717) is 13.1 Å². The average molecular weight is 279 g/mol. The number of hydrogen-bond donors (Lipinski definition) is 1. The highest BCUT2D eigenvalue weighted by atomic mass is 16.6. The van der Waals surface area contributed by atoms with E-state index in [9.17, 15) is 14.9 Å². The van der Waals surface area contributed by atoms with Crippen molar-refractivity contribution >= 4 is 17.5 Å². The van der Waals surface area contributed by atoms with Gasteiger partial charge >= 0.3 is 11.7 Å². The van der Waals surface area contributed by atoms with Gasteiger partial charge in [0.25, 0.3) is 0 Å². The fourth-order valence-corrected chi connectivity index (χ4v) is 2.39. The number of pyridine rings is 1. The Bertz CT molecular complexity index is 510. The molecule has 1 fully saturated rings. The third-order valence-electron chi connectivity index (χ3n) is 3.43. The quantitative estimate of drug-likeness (QED) is 0.674. The molecule has 1 aliphatic rings. The van der Waals surface area contributed by atoms with Crippen LogP contribution < -0.4 is 4.90 Å². The first-order chi connectivity index (χ1) is 9.59. The number of aromatic carboxylic acids is 1. The van der Waals surface area contributed by atoms with E-state index in [4.69, 9.17) is 5.11 Å². The fraction of sp³-hybridized carbons (Fsp3) is 0.538. The van der Waals surface area contributed by atoms with Crippen LogP contribution >= 0.6 is 0 Å². The standard InChI is InChI=1S/C13H17N3O4/c17-13(18)10-6-7-11(16(19)20)12(14-10)15-8-4-2-1-3-5-9-15/h6-7H,1-5,8-9H2,(H,17,18). The Morgan fingerprint density at radius 3 is 2.35 bits per heavy atom. The average Bonchev–Trinajstić information content (AvgIpc) is 2.37. The molecule has 0 bridgehead atoms. The molecular weight excluding hydrogens is 262 g/mol. The zero-order valence-corrected chi connectivity index (χ0v) is 11.1. The van der Waals surface area contributed by atoms with Crippen molar-refractivity contribution in [1.82, 2.24) is 4.98 Å². The minimum atomic E-state index is -1.17. The molecule has 0 spiro atoms. The van der Waals surface area contributed by atoms with Crippen LogP contribution in [0.4, 0.5) is 11.5 Å². The van der Waals surface area contributed by atoms with Crippen LogP contribution in [0.5, 0.6) is 0 Å². The van der Waals surface area contributed by atoms with Crippen molar-refractivity contribution in [3.8, 4) is 0 Å². The molecule has 20 heavy (non-hydrogen) atoms. The summed E-state index contributed by atoms with van der Waals surface area (Å²) < 4.78 is 0. The van der Waals surface area contributed by atoms with Crippen LogP contribution in [0.25, 0.3) is 0 Å². The lowest BCUT2D eigenvalue weighted by Crippen LogP contribution is -2.29. The molecule has 1 aromatic heterocycles. The first-order valence-corrected chi connectivity index (χ1v) is 6.73. The largest absolute Gasteiger partial charge is 0.477 e. The summed E-state index contributed by atoms with van der Waals surface area (Å²) in [4.78, 5) is 27.4. The molecule has 1 aliphatic heterocycles. The Hall–Kier alpha value is -2.18. The molecule has 7 heteroatoms. The van der Waals surface area contributed by atoms with Crippen LogP contribution in [0.1, 0.15) is 42.6 Å². The maximum absolute atomic E-state index is 11.1. The Morgan fingerprint density at radius 1 is 1.20 bits per heavy atom. The maximum atomic E-state index is 11.1. The number of aromatic nitrogens is 1. The number of carboxylic acid groups (broad SMARTS) is 1. The Kier molecular flexibility index (Phi) is 4.49. The number of hydrogen-bond acceptors (Lipinski definition) is 5. The molecule has 2 heterocycles. The summed E-state index contributed by atoms with van der Waals surface area (Å²) in [6, 6.07) is 2.40.